The van der Waals surface area contributed by atoms with Gasteiger partial charge in [-0.05, 0) is 54.9 Å². The van der Waals surface area contributed by atoms with E-state index in [1.807, 2.05) is 0 Å². The minimum Gasteiger partial charge on any atom is -0.373 e. The fraction of sp³-hybridized carbons (Fsp3) is 0.882. The predicted molar refractivity (Wildman–Crippen MR) is 75.0 cm³/mol. The SMILES string of the molecule is CC12CCC3OCCOC3C1=CCC1CCCCC12. The first kappa shape index (κ1) is 12.4. The lowest BCUT2D eigenvalue weighted by Gasteiger charge is -2.55. The van der Waals surface area contributed by atoms with Crippen LogP contribution < -0.4 is 0 Å². The predicted octanol–water partition coefficient (Wildman–Crippen LogP) is 3.71. The molecule has 4 aliphatic rings. The summed E-state index contributed by atoms with van der Waals surface area (Å²) in [7, 11) is 0. The average Bonchev–Trinajstić information content (AvgIpc) is 2.47. The van der Waals surface area contributed by atoms with Gasteiger partial charge in [0.15, 0.2) is 0 Å². The van der Waals surface area contributed by atoms with Gasteiger partial charge in [0.2, 0.25) is 0 Å². The van der Waals surface area contributed by atoms with Crippen LogP contribution in [0.1, 0.15) is 51.9 Å². The van der Waals surface area contributed by atoms with Crippen LogP contribution in [0.3, 0.4) is 0 Å². The summed E-state index contributed by atoms with van der Waals surface area (Å²) in [6, 6.07) is 0. The second-order valence-electron chi connectivity index (χ2n) is 7.20. The summed E-state index contributed by atoms with van der Waals surface area (Å²) in [6.07, 6.45) is 12.7. The largest absolute Gasteiger partial charge is 0.373 e. The fourth-order valence-corrected chi connectivity index (χ4v) is 5.36. The Morgan fingerprint density at radius 2 is 1.95 bits per heavy atom. The van der Waals surface area contributed by atoms with Gasteiger partial charge in [0.05, 0.1) is 19.3 Å². The molecule has 3 aliphatic carbocycles. The maximum absolute atomic E-state index is 6.10. The van der Waals surface area contributed by atoms with Gasteiger partial charge in [0.25, 0.3) is 0 Å². The molecule has 2 heteroatoms. The molecule has 0 aromatic rings. The molecule has 0 N–H and O–H groups in total. The van der Waals surface area contributed by atoms with Crippen molar-refractivity contribution in [2.45, 2.75) is 64.1 Å². The second-order valence-corrected chi connectivity index (χ2v) is 7.20. The number of hydrogen-bond donors (Lipinski definition) is 0. The van der Waals surface area contributed by atoms with Gasteiger partial charge in [-0.1, -0.05) is 25.8 Å². The first-order valence-corrected chi connectivity index (χ1v) is 8.23. The van der Waals surface area contributed by atoms with Crippen molar-refractivity contribution in [1.82, 2.24) is 0 Å². The van der Waals surface area contributed by atoms with Crippen LogP contribution in [0.5, 0.6) is 0 Å². The van der Waals surface area contributed by atoms with Crippen LogP contribution in [0.4, 0.5) is 0 Å². The van der Waals surface area contributed by atoms with E-state index in [1.54, 1.807) is 5.57 Å². The van der Waals surface area contributed by atoms with Gasteiger partial charge in [0.1, 0.15) is 6.10 Å². The van der Waals surface area contributed by atoms with E-state index in [-0.39, 0.29) is 6.10 Å². The Balaban J connectivity index is 1.68. The van der Waals surface area contributed by atoms with E-state index in [1.165, 1.54) is 44.9 Å². The van der Waals surface area contributed by atoms with Gasteiger partial charge in [-0.3, -0.25) is 0 Å². The Morgan fingerprint density at radius 3 is 2.89 bits per heavy atom. The summed E-state index contributed by atoms with van der Waals surface area (Å²) in [5.41, 5.74) is 2.01. The molecule has 0 bridgehead atoms. The third-order valence-electron chi connectivity index (χ3n) is 6.33. The fourth-order valence-electron chi connectivity index (χ4n) is 5.36. The number of hydrogen-bond acceptors (Lipinski definition) is 2. The smallest absolute Gasteiger partial charge is 0.105 e. The van der Waals surface area contributed by atoms with Gasteiger partial charge in [-0.25, -0.2) is 0 Å². The molecule has 1 heterocycles. The molecule has 5 unspecified atom stereocenters. The molecule has 2 saturated carbocycles. The molecule has 0 radical (unpaired) electrons. The van der Waals surface area contributed by atoms with Crippen LogP contribution in [0.2, 0.25) is 0 Å². The molecule has 0 amide bonds. The number of allylic oxidation sites excluding steroid dienone is 1. The quantitative estimate of drug-likeness (QED) is 0.620. The van der Waals surface area contributed by atoms with Gasteiger partial charge in [-0.15, -0.1) is 0 Å². The van der Waals surface area contributed by atoms with Crippen molar-refractivity contribution in [3.05, 3.63) is 11.6 Å². The summed E-state index contributed by atoms with van der Waals surface area (Å²) in [5, 5.41) is 0. The topological polar surface area (TPSA) is 18.5 Å². The highest BCUT2D eigenvalue weighted by Gasteiger charge is 2.52. The van der Waals surface area contributed by atoms with Crippen LogP contribution in [-0.4, -0.2) is 25.4 Å². The van der Waals surface area contributed by atoms with Crippen molar-refractivity contribution in [2.24, 2.45) is 17.3 Å². The van der Waals surface area contributed by atoms with Crippen LogP contribution in [0.25, 0.3) is 0 Å². The normalized spacial score (nSPS) is 49.6. The molecule has 106 valence electrons. The van der Waals surface area contributed by atoms with Crippen molar-refractivity contribution in [3.63, 3.8) is 0 Å². The van der Waals surface area contributed by atoms with Gasteiger partial charge >= 0.3 is 0 Å². The zero-order valence-electron chi connectivity index (χ0n) is 12.1. The first-order valence-electron chi connectivity index (χ1n) is 8.23. The van der Waals surface area contributed by atoms with E-state index in [2.05, 4.69) is 13.0 Å². The van der Waals surface area contributed by atoms with E-state index in [9.17, 15) is 0 Å². The maximum Gasteiger partial charge on any atom is 0.105 e. The summed E-state index contributed by atoms with van der Waals surface area (Å²) in [4.78, 5) is 0. The van der Waals surface area contributed by atoms with E-state index in [4.69, 9.17) is 9.47 Å². The van der Waals surface area contributed by atoms with Crippen molar-refractivity contribution in [3.8, 4) is 0 Å². The molecule has 1 saturated heterocycles. The zero-order chi connectivity index (χ0) is 12.9. The van der Waals surface area contributed by atoms with Crippen molar-refractivity contribution in [2.75, 3.05) is 13.2 Å². The van der Waals surface area contributed by atoms with Crippen LogP contribution in [0, 0.1) is 17.3 Å². The van der Waals surface area contributed by atoms with Gasteiger partial charge in [-0.2, -0.15) is 0 Å². The minimum atomic E-state index is 0.273. The lowest BCUT2D eigenvalue weighted by Crippen LogP contribution is -2.53. The highest BCUT2D eigenvalue weighted by atomic mass is 16.6. The zero-order valence-corrected chi connectivity index (χ0v) is 12.1. The van der Waals surface area contributed by atoms with Gasteiger partial charge < -0.3 is 9.47 Å². The molecular formula is C17H26O2. The monoisotopic (exact) mass is 262 g/mol. The molecule has 0 aromatic carbocycles. The molecule has 2 nitrogen and oxygen atoms in total. The molecule has 3 fully saturated rings. The second kappa shape index (κ2) is 4.60. The molecule has 1 aliphatic heterocycles. The van der Waals surface area contributed by atoms with Crippen LogP contribution >= 0.6 is 0 Å². The van der Waals surface area contributed by atoms with E-state index < -0.39 is 0 Å². The Bertz CT molecular complexity index is 389. The number of ether oxygens (including phenoxy) is 2. The maximum atomic E-state index is 6.10. The van der Waals surface area contributed by atoms with E-state index >= 15 is 0 Å². The Labute approximate surface area is 116 Å². The lowest BCUT2D eigenvalue weighted by molar-refractivity contribution is -0.155. The standard InChI is InChI=1S/C17H26O2/c1-17-9-8-15-16(19-11-10-18-15)14(17)7-6-12-4-2-3-5-13(12)17/h7,12-13,15-16H,2-6,8-11H2,1H3. The Hall–Kier alpha value is -0.340. The van der Waals surface area contributed by atoms with Crippen molar-refractivity contribution in [1.29, 1.82) is 0 Å². The van der Waals surface area contributed by atoms with Crippen LogP contribution in [-0.2, 0) is 9.47 Å². The van der Waals surface area contributed by atoms with E-state index in [0.717, 1.165) is 25.0 Å². The summed E-state index contributed by atoms with van der Waals surface area (Å²) in [5.74, 6) is 1.86. The third kappa shape index (κ3) is 1.83. The highest BCUT2D eigenvalue weighted by molar-refractivity contribution is 5.28. The summed E-state index contributed by atoms with van der Waals surface area (Å²) >= 11 is 0. The van der Waals surface area contributed by atoms with E-state index in [0.29, 0.717) is 11.5 Å². The number of fused-ring (bicyclic) bond motifs is 5. The summed E-state index contributed by atoms with van der Waals surface area (Å²) in [6.45, 7) is 4.09. The molecule has 0 spiro atoms. The minimum absolute atomic E-state index is 0.273. The van der Waals surface area contributed by atoms with Gasteiger partial charge in [0, 0.05) is 0 Å². The van der Waals surface area contributed by atoms with Crippen molar-refractivity contribution >= 4 is 0 Å². The molecule has 4 rings (SSSR count). The van der Waals surface area contributed by atoms with Crippen molar-refractivity contribution < 1.29 is 9.47 Å². The average molecular weight is 262 g/mol. The highest BCUT2D eigenvalue weighted by Crippen LogP contribution is 2.57. The summed E-state index contributed by atoms with van der Waals surface area (Å²) < 4.78 is 12.0. The lowest BCUT2D eigenvalue weighted by atomic mass is 9.53. The Kier molecular flexibility index (Phi) is 3.00. The molecular weight excluding hydrogens is 236 g/mol. The number of rotatable bonds is 0. The third-order valence-corrected chi connectivity index (χ3v) is 6.33. The molecule has 0 aromatic heterocycles. The first-order chi connectivity index (χ1) is 9.29. The molecule has 5 atom stereocenters. The Morgan fingerprint density at radius 1 is 1.11 bits per heavy atom. The van der Waals surface area contributed by atoms with Crippen LogP contribution in [0.15, 0.2) is 11.6 Å². The molecule has 19 heavy (non-hydrogen) atoms.